The highest BCUT2D eigenvalue weighted by molar-refractivity contribution is 7.85. The largest absolute Gasteiger partial charge is 0.340 e. The smallest absolute Gasteiger partial charge is 0.171 e. The highest BCUT2D eigenvalue weighted by atomic mass is 31.2. The van der Waals surface area contributed by atoms with Crippen molar-refractivity contribution in [1.29, 1.82) is 0 Å². The molecule has 258 valence electrons. The van der Waals surface area contributed by atoms with E-state index in [1.807, 2.05) is 105 Å². The van der Waals surface area contributed by atoms with Crippen molar-refractivity contribution in [2.24, 2.45) is 4.99 Å². The predicted octanol–water partition coefficient (Wildman–Crippen LogP) is 10.6. The number of benzene rings is 7. The van der Waals surface area contributed by atoms with E-state index in [9.17, 15) is 0 Å². The van der Waals surface area contributed by atoms with Crippen molar-refractivity contribution in [1.82, 2.24) is 9.88 Å². The van der Waals surface area contributed by atoms with E-state index in [1.54, 1.807) is 0 Å². The molecule has 0 saturated carbocycles. The predicted molar refractivity (Wildman–Crippen MR) is 225 cm³/mol. The van der Waals surface area contributed by atoms with Gasteiger partial charge in [0.15, 0.2) is 7.14 Å². The molecule has 2 heterocycles. The number of nitrogens with one attached hydrogen (secondary N) is 1. The van der Waals surface area contributed by atoms with Crippen LogP contribution in [0.1, 0.15) is 36.6 Å². The fourth-order valence-corrected chi connectivity index (χ4v) is 9.97. The third-order valence-electron chi connectivity index (χ3n) is 9.71. The van der Waals surface area contributed by atoms with E-state index in [0.717, 1.165) is 60.9 Å². The van der Waals surface area contributed by atoms with E-state index in [1.165, 1.54) is 10.8 Å². The standard InChI is InChI=1S/C46H34N3OP.C2H6/c50-51(37-22-8-3-9-23-37,39-25-15-21-36(31-39)49-44-28-12-10-26-40(44)41-27-11-13-29-45(41)49)38-24-14-20-35(30-38)46-47-42(33-16-4-1-5-17-33)32-43(48-46)34-18-6-2-7-19-34;1-2/h1-32,42H,(H,47,48);1-2H3. The second-order valence-corrected chi connectivity index (χ2v) is 15.6. The molecule has 0 aliphatic carbocycles. The topological polar surface area (TPSA) is 46.4 Å². The molecule has 0 bridgehead atoms. The minimum absolute atomic E-state index is 0.176. The fourth-order valence-electron chi connectivity index (χ4n) is 7.25. The van der Waals surface area contributed by atoms with Gasteiger partial charge in [-0.25, -0.2) is 0 Å². The van der Waals surface area contributed by atoms with Crippen LogP contribution < -0.4 is 21.2 Å². The van der Waals surface area contributed by atoms with Crippen molar-refractivity contribution in [3.05, 3.63) is 211 Å². The van der Waals surface area contributed by atoms with Gasteiger partial charge in [-0.15, -0.1) is 0 Å². The molecule has 0 amide bonds. The van der Waals surface area contributed by atoms with Crippen LogP contribution in [0.3, 0.4) is 0 Å². The van der Waals surface area contributed by atoms with E-state index >= 15 is 4.57 Å². The first kappa shape index (κ1) is 33.9. The maximum Gasteiger partial charge on any atom is 0.171 e. The molecule has 0 fully saturated rings. The van der Waals surface area contributed by atoms with Crippen LogP contribution in [0.5, 0.6) is 0 Å². The first-order chi connectivity index (χ1) is 26.2. The molecular formula is C48H40N3OP. The Hall–Kier alpha value is -6.22. The van der Waals surface area contributed by atoms with Crippen LogP contribution in [-0.4, -0.2) is 10.4 Å². The second-order valence-electron chi connectivity index (χ2n) is 12.8. The molecule has 1 aliphatic heterocycles. The zero-order chi connectivity index (χ0) is 36.2. The summed E-state index contributed by atoms with van der Waals surface area (Å²) < 4.78 is 18.3. The Morgan fingerprint density at radius 1 is 0.528 bits per heavy atom. The maximum absolute atomic E-state index is 16.0. The molecule has 7 aromatic carbocycles. The molecule has 4 nitrogen and oxygen atoms in total. The lowest BCUT2D eigenvalue weighted by Gasteiger charge is -2.25. The number of para-hydroxylation sites is 2. The lowest BCUT2D eigenvalue weighted by molar-refractivity contribution is 0.592. The van der Waals surface area contributed by atoms with Crippen molar-refractivity contribution < 1.29 is 4.57 Å². The average Bonchev–Trinajstić information content (AvgIpc) is 3.59. The molecule has 1 aliphatic rings. The Balaban J connectivity index is 0.00000197. The first-order valence-electron chi connectivity index (χ1n) is 18.2. The number of aromatic nitrogens is 1. The van der Waals surface area contributed by atoms with Crippen LogP contribution in [0.2, 0.25) is 0 Å². The third kappa shape index (κ3) is 6.33. The average molecular weight is 706 g/mol. The van der Waals surface area contributed by atoms with Crippen molar-refractivity contribution in [3.63, 3.8) is 0 Å². The van der Waals surface area contributed by atoms with Gasteiger partial charge in [-0.05, 0) is 47.5 Å². The molecule has 0 spiro atoms. The molecule has 2 unspecified atom stereocenters. The lowest BCUT2D eigenvalue weighted by Crippen LogP contribution is -2.30. The van der Waals surface area contributed by atoms with Gasteiger partial charge in [0.2, 0.25) is 0 Å². The van der Waals surface area contributed by atoms with Crippen molar-refractivity contribution >= 4 is 56.4 Å². The molecule has 1 aromatic heterocycles. The number of aliphatic imine (C=N–C) groups is 1. The molecule has 0 radical (unpaired) electrons. The third-order valence-corrected chi connectivity index (χ3v) is 12.7. The van der Waals surface area contributed by atoms with Crippen molar-refractivity contribution in [2.75, 3.05) is 0 Å². The molecule has 9 rings (SSSR count). The minimum atomic E-state index is -3.36. The molecular weight excluding hydrogens is 666 g/mol. The van der Waals surface area contributed by atoms with Gasteiger partial charge in [-0.2, -0.15) is 0 Å². The molecule has 2 atom stereocenters. The highest BCUT2D eigenvalue weighted by Gasteiger charge is 2.31. The lowest BCUT2D eigenvalue weighted by atomic mass is 10.0. The van der Waals surface area contributed by atoms with E-state index < -0.39 is 7.14 Å². The van der Waals surface area contributed by atoms with Crippen LogP contribution in [0.25, 0.3) is 33.2 Å². The van der Waals surface area contributed by atoms with Gasteiger partial charge in [0, 0.05) is 43.6 Å². The zero-order valence-corrected chi connectivity index (χ0v) is 30.7. The number of hydrogen-bond acceptors (Lipinski definition) is 3. The second kappa shape index (κ2) is 14.8. The minimum Gasteiger partial charge on any atom is -0.340 e. The van der Waals surface area contributed by atoms with Gasteiger partial charge in [0.05, 0.1) is 17.1 Å². The Labute approximate surface area is 311 Å². The van der Waals surface area contributed by atoms with Gasteiger partial charge < -0.3 is 14.4 Å². The summed E-state index contributed by atoms with van der Waals surface area (Å²) in [5.41, 5.74) is 7.26. The summed E-state index contributed by atoms with van der Waals surface area (Å²) in [4.78, 5) is 5.21. The summed E-state index contributed by atoms with van der Waals surface area (Å²) in [6, 6.07) is 63.7. The molecule has 5 heteroatoms. The van der Waals surface area contributed by atoms with Gasteiger partial charge in [0.1, 0.15) is 5.84 Å². The SMILES string of the molecule is CC.O=P(c1ccccc1)(c1cccc(C2=NC(c3ccccc3)C=C(c3ccccc3)N2)c1)c1cccc(-n2c3ccccc3c3ccccc32)c1. The quantitative estimate of drug-likeness (QED) is 0.168. The van der Waals surface area contributed by atoms with E-state index in [-0.39, 0.29) is 6.04 Å². The van der Waals surface area contributed by atoms with E-state index in [4.69, 9.17) is 4.99 Å². The summed E-state index contributed by atoms with van der Waals surface area (Å²) in [6.07, 6.45) is 2.17. The Bertz CT molecular complexity index is 2590. The fraction of sp³-hybridized carbons (Fsp3) is 0.0625. The number of nitrogens with zero attached hydrogens (tertiary/aromatic N) is 2. The Kier molecular flexibility index (Phi) is 9.46. The molecule has 53 heavy (non-hydrogen) atoms. The summed E-state index contributed by atoms with van der Waals surface area (Å²) in [6.45, 7) is 4.00. The van der Waals surface area contributed by atoms with Gasteiger partial charge in [-0.3, -0.25) is 4.99 Å². The van der Waals surface area contributed by atoms with Crippen molar-refractivity contribution in [3.8, 4) is 5.69 Å². The monoisotopic (exact) mass is 705 g/mol. The van der Waals surface area contributed by atoms with Crippen LogP contribution in [0.4, 0.5) is 0 Å². The molecule has 1 N–H and O–H groups in total. The highest BCUT2D eigenvalue weighted by Crippen LogP contribution is 2.43. The maximum atomic E-state index is 16.0. The number of amidine groups is 1. The molecule has 0 saturated heterocycles. The Morgan fingerprint density at radius 2 is 1.04 bits per heavy atom. The van der Waals surface area contributed by atoms with Crippen LogP contribution in [0.15, 0.2) is 199 Å². The summed E-state index contributed by atoms with van der Waals surface area (Å²) in [7, 11) is -3.36. The van der Waals surface area contributed by atoms with Crippen LogP contribution in [0, 0.1) is 0 Å². The van der Waals surface area contributed by atoms with Gasteiger partial charge >= 0.3 is 0 Å². The van der Waals surface area contributed by atoms with E-state index in [2.05, 4.69) is 113 Å². The number of rotatable bonds is 7. The summed E-state index contributed by atoms with van der Waals surface area (Å²) >= 11 is 0. The van der Waals surface area contributed by atoms with Gasteiger partial charge in [-0.1, -0.05) is 172 Å². The molecule has 8 aromatic rings. The number of hydrogen-bond donors (Lipinski definition) is 1. The summed E-state index contributed by atoms with van der Waals surface area (Å²) in [5, 5.41) is 8.32. The van der Waals surface area contributed by atoms with Gasteiger partial charge in [0.25, 0.3) is 0 Å². The number of fused-ring (bicyclic) bond motifs is 3. The Morgan fingerprint density at radius 3 is 1.70 bits per heavy atom. The van der Waals surface area contributed by atoms with Crippen LogP contribution >= 0.6 is 7.14 Å². The van der Waals surface area contributed by atoms with Crippen LogP contribution in [-0.2, 0) is 4.57 Å². The normalized spacial score (nSPS) is 15.0. The van der Waals surface area contributed by atoms with Crippen molar-refractivity contribution in [2.45, 2.75) is 19.9 Å². The first-order valence-corrected chi connectivity index (χ1v) is 19.9. The van der Waals surface area contributed by atoms with E-state index in [0.29, 0.717) is 0 Å². The summed E-state index contributed by atoms with van der Waals surface area (Å²) in [5.74, 6) is 0.741. The zero-order valence-electron chi connectivity index (χ0n) is 29.8.